The van der Waals surface area contributed by atoms with Crippen LogP contribution in [0.15, 0.2) is 18.2 Å². The second kappa shape index (κ2) is 5.64. The molecule has 0 heterocycles. The van der Waals surface area contributed by atoms with Crippen LogP contribution in [0.4, 0.5) is 0 Å². The summed E-state index contributed by atoms with van der Waals surface area (Å²) in [6.45, 7) is 0.185. The summed E-state index contributed by atoms with van der Waals surface area (Å²) in [7, 11) is 0. The molecule has 1 rings (SSSR count). The van der Waals surface area contributed by atoms with Crippen molar-refractivity contribution in [1.29, 1.82) is 0 Å². The molecule has 0 saturated carbocycles. The second-order valence-electron chi connectivity index (χ2n) is 2.53. The Morgan fingerprint density at radius 3 is 3.08 bits per heavy atom. The van der Waals surface area contributed by atoms with Crippen LogP contribution in [0.5, 0.6) is 0 Å². The van der Waals surface area contributed by atoms with E-state index < -0.39 is 0 Å². The third-order valence-corrected chi connectivity index (χ3v) is 1.81. The van der Waals surface area contributed by atoms with Crippen LogP contribution in [0.25, 0.3) is 0 Å². The molecule has 0 atom stereocenters. The van der Waals surface area contributed by atoms with Crippen molar-refractivity contribution >= 4 is 11.6 Å². The highest BCUT2D eigenvalue weighted by Gasteiger charge is 1.92. The van der Waals surface area contributed by atoms with E-state index in [4.69, 9.17) is 16.7 Å². The zero-order chi connectivity index (χ0) is 9.52. The van der Waals surface area contributed by atoms with E-state index in [0.29, 0.717) is 17.9 Å². The van der Waals surface area contributed by atoms with Gasteiger partial charge in [0.2, 0.25) is 0 Å². The van der Waals surface area contributed by atoms with Crippen LogP contribution < -0.4 is 0 Å². The maximum absolute atomic E-state index is 8.52. The van der Waals surface area contributed by atoms with Gasteiger partial charge in [0.1, 0.15) is 0 Å². The molecular formula is C11H10ClO. The van der Waals surface area contributed by atoms with E-state index in [2.05, 4.69) is 17.9 Å². The Hall–Kier alpha value is -0.970. The van der Waals surface area contributed by atoms with Crippen molar-refractivity contribution in [2.24, 2.45) is 0 Å². The van der Waals surface area contributed by atoms with E-state index in [1.54, 1.807) is 12.1 Å². The molecule has 1 N–H and O–H groups in total. The highest BCUT2D eigenvalue weighted by atomic mass is 35.5. The van der Waals surface area contributed by atoms with Gasteiger partial charge in [-0.2, -0.15) is 0 Å². The van der Waals surface area contributed by atoms with Gasteiger partial charge in [-0.1, -0.05) is 29.5 Å². The van der Waals surface area contributed by atoms with Crippen LogP contribution in [0.1, 0.15) is 18.4 Å². The number of benzene rings is 1. The van der Waals surface area contributed by atoms with Crippen molar-refractivity contribution in [2.45, 2.75) is 12.8 Å². The largest absolute Gasteiger partial charge is 0.396 e. The van der Waals surface area contributed by atoms with Crippen LogP contribution in [-0.2, 0) is 0 Å². The summed E-state index contributed by atoms with van der Waals surface area (Å²) >= 11 is 5.85. The van der Waals surface area contributed by atoms with Gasteiger partial charge >= 0.3 is 0 Å². The summed E-state index contributed by atoms with van der Waals surface area (Å²) in [5.41, 5.74) is 0.818. The zero-order valence-corrected chi connectivity index (χ0v) is 7.93. The summed E-state index contributed by atoms with van der Waals surface area (Å²) in [4.78, 5) is 0. The van der Waals surface area contributed by atoms with E-state index in [0.717, 1.165) is 5.56 Å². The van der Waals surface area contributed by atoms with Gasteiger partial charge < -0.3 is 5.11 Å². The maximum Gasteiger partial charge on any atom is 0.0568 e. The summed E-state index contributed by atoms with van der Waals surface area (Å²) in [6.07, 6.45) is 1.41. The van der Waals surface area contributed by atoms with Crippen LogP contribution in [0.2, 0.25) is 5.02 Å². The molecular weight excluding hydrogens is 184 g/mol. The van der Waals surface area contributed by atoms with E-state index in [1.807, 2.05) is 6.07 Å². The summed E-state index contributed by atoms with van der Waals surface area (Å²) in [5, 5.41) is 9.14. The molecule has 1 nitrogen and oxygen atoms in total. The molecule has 2 heteroatoms. The molecule has 0 aliphatic heterocycles. The fourth-order valence-electron chi connectivity index (χ4n) is 0.837. The molecule has 13 heavy (non-hydrogen) atoms. The van der Waals surface area contributed by atoms with Crippen molar-refractivity contribution < 1.29 is 5.11 Å². The van der Waals surface area contributed by atoms with Gasteiger partial charge in [-0.05, 0) is 24.6 Å². The van der Waals surface area contributed by atoms with Gasteiger partial charge in [-0.3, -0.25) is 0 Å². The SMILES string of the molecule is OCCCC#Cc1cc[c]cc1Cl. The lowest BCUT2D eigenvalue weighted by Crippen LogP contribution is -1.80. The van der Waals surface area contributed by atoms with Crippen molar-refractivity contribution in [3.63, 3.8) is 0 Å². The number of hydrogen-bond acceptors (Lipinski definition) is 1. The van der Waals surface area contributed by atoms with Crippen LogP contribution >= 0.6 is 11.6 Å². The third-order valence-electron chi connectivity index (χ3n) is 1.50. The van der Waals surface area contributed by atoms with Gasteiger partial charge in [-0.25, -0.2) is 0 Å². The molecule has 0 amide bonds. The van der Waals surface area contributed by atoms with E-state index in [9.17, 15) is 0 Å². The molecule has 0 bridgehead atoms. The number of rotatable bonds is 2. The van der Waals surface area contributed by atoms with Gasteiger partial charge in [0, 0.05) is 18.6 Å². The molecule has 0 saturated heterocycles. The first kappa shape index (κ1) is 10.1. The van der Waals surface area contributed by atoms with Crippen LogP contribution in [0.3, 0.4) is 0 Å². The smallest absolute Gasteiger partial charge is 0.0568 e. The fourth-order valence-corrected chi connectivity index (χ4v) is 1.01. The fraction of sp³-hybridized carbons (Fsp3) is 0.273. The first-order valence-electron chi connectivity index (χ1n) is 4.10. The molecule has 0 aliphatic rings. The molecule has 0 spiro atoms. The van der Waals surface area contributed by atoms with Gasteiger partial charge in [0.15, 0.2) is 0 Å². The summed E-state index contributed by atoms with van der Waals surface area (Å²) in [5.74, 6) is 5.87. The van der Waals surface area contributed by atoms with E-state index >= 15 is 0 Å². The van der Waals surface area contributed by atoms with Crippen molar-refractivity contribution in [3.8, 4) is 11.8 Å². The minimum atomic E-state index is 0.185. The first-order chi connectivity index (χ1) is 6.34. The zero-order valence-electron chi connectivity index (χ0n) is 7.18. The Bertz CT molecular complexity index is 322. The number of unbranched alkanes of at least 4 members (excludes halogenated alkanes) is 1. The minimum absolute atomic E-state index is 0.185. The first-order valence-corrected chi connectivity index (χ1v) is 4.47. The lowest BCUT2D eigenvalue weighted by Gasteiger charge is -1.92. The van der Waals surface area contributed by atoms with Gasteiger partial charge in [0.05, 0.1) is 5.02 Å². The molecule has 0 fully saturated rings. The Morgan fingerprint density at radius 2 is 2.38 bits per heavy atom. The van der Waals surface area contributed by atoms with Crippen LogP contribution in [-0.4, -0.2) is 11.7 Å². The predicted molar refractivity (Wildman–Crippen MR) is 53.5 cm³/mol. The normalized spacial score (nSPS) is 9.08. The molecule has 0 aliphatic carbocycles. The van der Waals surface area contributed by atoms with Crippen molar-refractivity contribution in [1.82, 2.24) is 0 Å². The number of hydrogen-bond donors (Lipinski definition) is 1. The Morgan fingerprint density at radius 1 is 1.54 bits per heavy atom. The lowest BCUT2D eigenvalue weighted by molar-refractivity contribution is 0.290. The standard InChI is InChI=1S/C11H10ClO/c12-11-8-4-3-7-10(11)6-2-1-5-9-13/h3,7-8,13H,1,5,9H2. The average Bonchev–Trinajstić information content (AvgIpc) is 2.15. The highest BCUT2D eigenvalue weighted by molar-refractivity contribution is 6.31. The molecule has 1 aromatic rings. The maximum atomic E-state index is 8.52. The molecule has 1 aromatic carbocycles. The van der Waals surface area contributed by atoms with E-state index in [1.165, 1.54) is 0 Å². The predicted octanol–water partition coefficient (Wildman–Crippen LogP) is 2.26. The summed E-state index contributed by atoms with van der Waals surface area (Å²) in [6, 6.07) is 8.16. The lowest BCUT2D eigenvalue weighted by atomic mass is 10.2. The third kappa shape index (κ3) is 3.50. The molecule has 0 aromatic heterocycles. The van der Waals surface area contributed by atoms with Crippen molar-refractivity contribution in [2.75, 3.05) is 6.61 Å². The number of aliphatic hydroxyl groups excluding tert-OH is 1. The number of aliphatic hydroxyl groups is 1. The molecule has 67 valence electrons. The quantitative estimate of drug-likeness (QED) is 0.565. The number of halogens is 1. The highest BCUT2D eigenvalue weighted by Crippen LogP contribution is 2.12. The monoisotopic (exact) mass is 193 g/mol. The van der Waals surface area contributed by atoms with Gasteiger partial charge in [0.25, 0.3) is 0 Å². The van der Waals surface area contributed by atoms with Crippen molar-refractivity contribution in [3.05, 3.63) is 34.9 Å². The van der Waals surface area contributed by atoms with Crippen LogP contribution in [0, 0.1) is 17.9 Å². The summed E-state index contributed by atoms with van der Waals surface area (Å²) < 4.78 is 0. The Kier molecular flexibility index (Phi) is 4.39. The van der Waals surface area contributed by atoms with E-state index in [-0.39, 0.29) is 6.61 Å². The Labute approximate surface area is 83.4 Å². The van der Waals surface area contributed by atoms with Gasteiger partial charge in [-0.15, -0.1) is 0 Å². The average molecular weight is 194 g/mol. The minimum Gasteiger partial charge on any atom is -0.396 e. The molecule has 0 unspecified atom stereocenters. The Balaban J connectivity index is 2.61. The second-order valence-corrected chi connectivity index (χ2v) is 2.94. The molecule has 1 radical (unpaired) electrons. The topological polar surface area (TPSA) is 20.2 Å².